The Morgan fingerprint density at radius 2 is 2.09 bits per heavy atom. The van der Waals surface area contributed by atoms with E-state index in [9.17, 15) is 4.79 Å². The lowest BCUT2D eigenvalue weighted by atomic mass is 9.99. The largest absolute Gasteiger partial charge is 0.497 e. The van der Waals surface area contributed by atoms with Crippen molar-refractivity contribution in [2.24, 2.45) is 5.92 Å². The number of likely N-dealkylation sites (tertiary alicyclic amines) is 1. The van der Waals surface area contributed by atoms with Crippen molar-refractivity contribution < 1.29 is 14.3 Å². The molecule has 0 unspecified atom stereocenters. The number of nitrogens with one attached hydrogen (secondary N) is 1. The van der Waals surface area contributed by atoms with E-state index < -0.39 is 0 Å². The van der Waals surface area contributed by atoms with E-state index in [4.69, 9.17) is 9.47 Å². The predicted molar refractivity (Wildman–Crippen MR) is 88.3 cm³/mol. The molecule has 0 spiro atoms. The number of hydrogen-bond acceptors (Lipinski definition) is 4. The molecule has 0 radical (unpaired) electrons. The van der Waals surface area contributed by atoms with Crippen LogP contribution in [0.25, 0.3) is 0 Å². The SMILES string of the molecule is COc1ccc(CN2C[C@H]3C[C@H](C(=O)NC(C)C)[C@@H](C2)O3)cc1. The van der Waals surface area contributed by atoms with E-state index in [1.54, 1.807) is 7.11 Å². The minimum absolute atomic E-state index is 0.0109. The molecule has 0 aliphatic carbocycles. The predicted octanol–water partition coefficient (Wildman–Crippen LogP) is 1.81. The molecule has 1 aromatic carbocycles. The number of fused-ring (bicyclic) bond motifs is 2. The van der Waals surface area contributed by atoms with Crippen molar-refractivity contribution in [1.29, 1.82) is 0 Å². The van der Waals surface area contributed by atoms with Crippen molar-refractivity contribution >= 4 is 5.91 Å². The Bertz CT molecular complexity index is 544. The van der Waals surface area contributed by atoms with E-state index in [1.165, 1.54) is 5.56 Å². The summed E-state index contributed by atoms with van der Waals surface area (Å²) >= 11 is 0. The first kappa shape index (κ1) is 16.3. The average Bonchev–Trinajstić information content (AvgIpc) is 2.82. The Labute approximate surface area is 137 Å². The third-order valence-electron chi connectivity index (χ3n) is 4.57. The highest BCUT2D eigenvalue weighted by Crippen LogP contribution is 2.32. The van der Waals surface area contributed by atoms with Crippen LogP contribution in [0.5, 0.6) is 5.75 Å². The molecule has 2 heterocycles. The molecule has 1 N–H and O–H groups in total. The Hall–Kier alpha value is -1.59. The van der Waals surface area contributed by atoms with Gasteiger partial charge in [0, 0.05) is 25.7 Å². The van der Waals surface area contributed by atoms with E-state index in [1.807, 2.05) is 26.0 Å². The van der Waals surface area contributed by atoms with Gasteiger partial charge >= 0.3 is 0 Å². The number of hydrogen-bond donors (Lipinski definition) is 1. The van der Waals surface area contributed by atoms with Crippen molar-refractivity contribution in [1.82, 2.24) is 10.2 Å². The van der Waals surface area contributed by atoms with Crippen molar-refractivity contribution in [3.05, 3.63) is 29.8 Å². The first-order chi connectivity index (χ1) is 11.0. The van der Waals surface area contributed by atoms with Crippen LogP contribution in [0, 0.1) is 5.92 Å². The van der Waals surface area contributed by atoms with Crippen molar-refractivity contribution in [3.8, 4) is 5.75 Å². The van der Waals surface area contributed by atoms with Gasteiger partial charge in [-0.1, -0.05) is 12.1 Å². The van der Waals surface area contributed by atoms with E-state index in [-0.39, 0.29) is 30.1 Å². The van der Waals surface area contributed by atoms with Gasteiger partial charge in [-0.05, 0) is 38.0 Å². The molecular formula is C18H26N2O3. The molecule has 2 bridgehead atoms. The normalized spacial score (nSPS) is 27.2. The monoisotopic (exact) mass is 318 g/mol. The van der Waals surface area contributed by atoms with Crippen LogP contribution in [-0.4, -0.2) is 49.3 Å². The highest BCUT2D eigenvalue weighted by atomic mass is 16.5. The van der Waals surface area contributed by atoms with E-state index in [2.05, 4.69) is 22.3 Å². The van der Waals surface area contributed by atoms with E-state index in [0.29, 0.717) is 0 Å². The lowest BCUT2D eigenvalue weighted by molar-refractivity contribution is -0.128. The highest BCUT2D eigenvalue weighted by molar-refractivity contribution is 5.80. The molecule has 5 heteroatoms. The maximum absolute atomic E-state index is 12.3. The first-order valence-electron chi connectivity index (χ1n) is 8.36. The minimum atomic E-state index is -0.0109. The summed E-state index contributed by atoms with van der Waals surface area (Å²) in [6.07, 6.45) is 1.03. The molecule has 0 aromatic heterocycles. The summed E-state index contributed by atoms with van der Waals surface area (Å²) in [5.41, 5.74) is 1.26. The molecule has 1 aromatic rings. The molecule has 2 aliphatic rings. The zero-order chi connectivity index (χ0) is 16.4. The molecule has 1 amide bonds. The second-order valence-electron chi connectivity index (χ2n) is 6.84. The molecule has 2 saturated heterocycles. The van der Waals surface area contributed by atoms with Crippen LogP contribution in [0.2, 0.25) is 0 Å². The van der Waals surface area contributed by atoms with Gasteiger partial charge in [-0.15, -0.1) is 0 Å². The molecule has 23 heavy (non-hydrogen) atoms. The molecule has 2 fully saturated rings. The van der Waals surface area contributed by atoms with Gasteiger partial charge in [-0.3, -0.25) is 9.69 Å². The standard InChI is InChI=1S/C18H26N2O3/c1-12(2)19-18(21)16-8-15-10-20(11-17(16)23-15)9-13-4-6-14(22-3)7-5-13/h4-7,12,15-17H,8-11H2,1-3H3,(H,19,21)/t15-,16+,17-/m1/s1. The maximum atomic E-state index is 12.3. The number of carbonyl (C=O) groups is 1. The molecule has 0 saturated carbocycles. The third kappa shape index (κ3) is 3.85. The van der Waals surface area contributed by atoms with Crippen molar-refractivity contribution in [2.45, 2.75) is 45.1 Å². The number of carbonyl (C=O) groups excluding carboxylic acids is 1. The van der Waals surface area contributed by atoms with E-state index >= 15 is 0 Å². The summed E-state index contributed by atoms with van der Waals surface area (Å²) in [4.78, 5) is 14.7. The fourth-order valence-corrected chi connectivity index (χ4v) is 3.52. The Balaban J connectivity index is 1.59. The number of methoxy groups -OCH3 is 1. The molecule has 3 rings (SSSR count). The molecule has 126 valence electrons. The Morgan fingerprint density at radius 1 is 1.35 bits per heavy atom. The number of benzene rings is 1. The molecule has 5 nitrogen and oxygen atoms in total. The van der Waals surface area contributed by atoms with Crippen LogP contribution in [0.1, 0.15) is 25.8 Å². The number of morpholine rings is 1. The van der Waals surface area contributed by atoms with Gasteiger partial charge in [0.15, 0.2) is 0 Å². The van der Waals surface area contributed by atoms with Crippen LogP contribution < -0.4 is 10.1 Å². The number of nitrogens with zero attached hydrogens (tertiary/aromatic N) is 1. The smallest absolute Gasteiger partial charge is 0.226 e. The maximum Gasteiger partial charge on any atom is 0.226 e. The number of rotatable bonds is 5. The summed E-state index contributed by atoms with van der Waals surface area (Å²) in [5, 5.41) is 3.02. The average molecular weight is 318 g/mol. The van der Waals surface area contributed by atoms with E-state index in [0.717, 1.165) is 31.8 Å². The van der Waals surface area contributed by atoms with Gasteiger partial charge in [0.05, 0.1) is 25.2 Å². The first-order valence-corrected chi connectivity index (χ1v) is 8.36. The van der Waals surface area contributed by atoms with Crippen LogP contribution in [-0.2, 0) is 16.1 Å². The zero-order valence-corrected chi connectivity index (χ0v) is 14.1. The van der Waals surface area contributed by atoms with Crippen LogP contribution in [0.15, 0.2) is 24.3 Å². The summed E-state index contributed by atoms with van der Waals surface area (Å²) in [5.74, 6) is 1.00. The summed E-state index contributed by atoms with van der Waals surface area (Å²) < 4.78 is 11.2. The Kier molecular flexibility index (Phi) is 4.87. The van der Waals surface area contributed by atoms with Crippen LogP contribution in [0.3, 0.4) is 0 Å². The van der Waals surface area contributed by atoms with Gasteiger partial charge < -0.3 is 14.8 Å². The topological polar surface area (TPSA) is 50.8 Å². The van der Waals surface area contributed by atoms with Crippen LogP contribution in [0.4, 0.5) is 0 Å². The molecular weight excluding hydrogens is 292 g/mol. The van der Waals surface area contributed by atoms with Crippen LogP contribution >= 0.6 is 0 Å². The summed E-state index contributed by atoms with van der Waals surface area (Å²) in [6, 6.07) is 8.35. The van der Waals surface area contributed by atoms with Gasteiger partial charge in [0.1, 0.15) is 5.75 Å². The number of amides is 1. The van der Waals surface area contributed by atoms with Gasteiger partial charge in [0.2, 0.25) is 5.91 Å². The highest BCUT2D eigenvalue weighted by Gasteiger charge is 2.44. The summed E-state index contributed by atoms with van der Waals surface area (Å²) in [6.45, 7) is 6.59. The third-order valence-corrected chi connectivity index (χ3v) is 4.57. The lowest BCUT2D eigenvalue weighted by Gasteiger charge is -2.32. The van der Waals surface area contributed by atoms with Gasteiger partial charge in [-0.2, -0.15) is 0 Å². The van der Waals surface area contributed by atoms with Gasteiger partial charge in [-0.25, -0.2) is 0 Å². The fraction of sp³-hybridized carbons (Fsp3) is 0.611. The molecule has 2 aliphatic heterocycles. The van der Waals surface area contributed by atoms with Crippen molar-refractivity contribution in [3.63, 3.8) is 0 Å². The Morgan fingerprint density at radius 3 is 2.74 bits per heavy atom. The van der Waals surface area contributed by atoms with Crippen molar-refractivity contribution in [2.75, 3.05) is 20.2 Å². The number of ether oxygens (including phenoxy) is 2. The lowest BCUT2D eigenvalue weighted by Crippen LogP contribution is -2.45. The quantitative estimate of drug-likeness (QED) is 0.899. The summed E-state index contributed by atoms with van der Waals surface area (Å²) in [7, 11) is 1.68. The minimum Gasteiger partial charge on any atom is -0.497 e. The molecule has 3 atom stereocenters. The second-order valence-corrected chi connectivity index (χ2v) is 6.84. The second kappa shape index (κ2) is 6.89. The zero-order valence-electron chi connectivity index (χ0n) is 14.1. The fourth-order valence-electron chi connectivity index (χ4n) is 3.52. The van der Waals surface area contributed by atoms with Gasteiger partial charge in [0.25, 0.3) is 0 Å².